The summed E-state index contributed by atoms with van der Waals surface area (Å²) < 4.78 is 12.0. The second-order valence-electron chi connectivity index (χ2n) is 7.09. The zero-order valence-electron chi connectivity index (χ0n) is 16.3. The highest BCUT2D eigenvalue weighted by molar-refractivity contribution is 5.72. The van der Waals surface area contributed by atoms with Gasteiger partial charge in [0.1, 0.15) is 11.7 Å². The number of carbonyl (C=O) groups excluding carboxylic acids is 1. The van der Waals surface area contributed by atoms with Gasteiger partial charge in [0.25, 0.3) is 0 Å². The Bertz CT molecular complexity index is 938. The summed E-state index contributed by atoms with van der Waals surface area (Å²) in [5, 5.41) is 3.73. The maximum atomic E-state index is 11.8. The molecule has 150 valence electrons. The van der Waals surface area contributed by atoms with Crippen LogP contribution in [0.5, 0.6) is 0 Å². The molecule has 0 saturated carbocycles. The molecule has 0 amide bonds. The fourth-order valence-corrected chi connectivity index (χ4v) is 3.90. The largest absolute Gasteiger partial charge is 0.459 e. The van der Waals surface area contributed by atoms with Crippen LogP contribution >= 0.6 is 0 Å². The number of carbonyl (C=O) groups is 1. The van der Waals surface area contributed by atoms with Crippen LogP contribution in [0.3, 0.4) is 0 Å². The molecule has 30 heavy (non-hydrogen) atoms. The average Bonchev–Trinajstić information content (AvgIpc) is 3.16. The molecule has 6 heteroatoms. The van der Waals surface area contributed by atoms with E-state index in [4.69, 9.17) is 15.0 Å². The van der Waals surface area contributed by atoms with Gasteiger partial charge in [0.15, 0.2) is 0 Å². The first-order valence-electron chi connectivity index (χ1n) is 9.78. The van der Waals surface area contributed by atoms with Crippen LogP contribution < -0.4 is 0 Å². The van der Waals surface area contributed by atoms with Crippen molar-refractivity contribution in [3.63, 3.8) is 0 Å². The summed E-state index contributed by atoms with van der Waals surface area (Å²) in [4.78, 5) is 14.7. The van der Waals surface area contributed by atoms with Gasteiger partial charge in [0, 0.05) is 4.91 Å². The summed E-state index contributed by atoms with van der Waals surface area (Å²) in [7, 11) is 0. The first-order chi connectivity index (χ1) is 14.7. The third-order valence-electron chi connectivity index (χ3n) is 5.29. The Morgan fingerprint density at radius 1 is 0.900 bits per heavy atom. The number of cyclic esters (lactones) is 1. The second-order valence-corrected chi connectivity index (χ2v) is 7.09. The van der Waals surface area contributed by atoms with E-state index in [9.17, 15) is 4.79 Å². The Labute approximate surface area is 174 Å². The van der Waals surface area contributed by atoms with Crippen LogP contribution in [0, 0.1) is 0 Å². The number of rotatable bonds is 7. The van der Waals surface area contributed by atoms with Crippen molar-refractivity contribution in [3.05, 3.63) is 118 Å². The van der Waals surface area contributed by atoms with E-state index in [-0.39, 0.29) is 19.0 Å². The number of ether oxygens (including phenoxy) is 2. The summed E-state index contributed by atoms with van der Waals surface area (Å²) in [6, 6.07) is 29.2. The third kappa shape index (κ3) is 3.79. The highest BCUT2D eigenvalue weighted by Gasteiger charge is 2.41. The molecular formula is C24H21N3O3. The van der Waals surface area contributed by atoms with Crippen LogP contribution in [-0.4, -0.2) is 24.7 Å². The Hall–Kier alpha value is -3.60. The van der Waals surface area contributed by atoms with Gasteiger partial charge in [0.2, 0.25) is 0 Å². The Balaban J connectivity index is 1.81. The molecule has 0 spiro atoms. The minimum absolute atomic E-state index is 0.0626. The molecule has 0 aliphatic carbocycles. The van der Waals surface area contributed by atoms with E-state index in [0.29, 0.717) is 0 Å². The van der Waals surface area contributed by atoms with Crippen LogP contribution in [0.4, 0.5) is 0 Å². The van der Waals surface area contributed by atoms with E-state index in [1.54, 1.807) is 0 Å². The normalized spacial score (nSPS) is 18.5. The maximum absolute atomic E-state index is 11.8. The lowest BCUT2D eigenvalue weighted by Crippen LogP contribution is -2.37. The SMILES string of the molecule is [N-]=[N+]=N[C@H]1CC(=O)O[C@@H]1COC(c1ccccc1)(c1ccccc1)c1ccccc1. The van der Waals surface area contributed by atoms with E-state index in [2.05, 4.69) is 10.0 Å². The van der Waals surface area contributed by atoms with Gasteiger partial charge in [0.05, 0.1) is 19.1 Å². The van der Waals surface area contributed by atoms with Crippen molar-refractivity contribution < 1.29 is 14.3 Å². The lowest BCUT2D eigenvalue weighted by molar-refractivity contribution is -0.145. The molecule has 3 aromatic carbocycles. The Morgan fingerprint density at radius 2 is 1.37 bits per heavy atom. The van der Waals surface area contributed by atoms with Crippen molar-refractivity contribution in [1.29, 1.82) is 0 Å². The average molecular weight is 399 g/mol. The van der Waals surface area contributed by atoms with Gasteiger partial charge >= 0.3 is 5.97 Å². The van der Waals surface area contributed by atoms with Crippen molar-refractivity contribution >= 4 is 5.97 Å². The van der Waals surface area contributed by atoms with Gasteiger partial charge in [-0.2, -0.15) is 0 Å². The van der Waals surface area contributed by atoms with Gasteiger partial charge in [-0.1, -0.05) is 96.1 Å². The number of esters is 1. The predicted octanol–water partition coefficient (Wildman–Crippen LogP) is 4.99. The van der Waals surface area contributed by atoms with Gasteiger partial charge in [-0.3, -0.25) is 4.79 Å². The molecule has 0 aromatic heterocycles. The molecule has 1 saturated heterocycles. The number of benzene rings is 3. The summed E-state index contributed by atoms with van der Waals surface area (Å²) in [6.45, 7) is 0.0914. The van der Waals surface area contributed by atoms with Crippen LogP contribution in [0.15, 0.2) is 96.1 Å². The molecular weight excluding hydrogens is 378 g/mol. The molecule has 1 heterocycles. The minimum Gasteiger partial charge on any atom is -0.459 e. The second kappa shape index (κ2) is 8.82. The van der Waals surface area contributed by atoms with Crippen molar-refractivity contribution in [2.75, 3.05) is 6.61 Å². The molecule has 0 bridgehead atoms. The van der Waals surface area contributed by atoms with Crippen LogP contribution in [0.25, 0.3) is 10.4 Å². The van der Waals surface area contributed by atoms with Crippen LogP contribution in [-0.2, 0) is 19.9 Å². The molecule has 3 aromatic rings. The van der Waals surface area contributed by atoms with Gasteiger partial charge in [-0.15, -0.1) is 0 Å². The van der Waals surface area contributed by atoms with Gasteiger partial charge < -0.3 is 9.47 Å². The first kappa shape index (κ1) is 19.7. The van der Waals surface area contributed by atoms with E-state index < -0.39 is 17.7 Å². The quantitative estimate of drug-likeness (QED) is 0.184. The van der Waals surface area contributed by atoms with E-state index in [1.165, 1.54) is 0 Å². The zero-order valence-corrected chi connectivity index (χ0v) is 16.3. The van der Waals surface area contributed by atoms with Crippen molar-refractivity contribution in [2.24, 2.45) is 5.11 Å². The summed E-state index contributed by atoms with van der Waals surface area (Å²) in [6.07, 6.45) is -0.573. The Morgan fingerprint density at radius 3 is 1.80 bits per heavy atom. The fourth-order valence-electron chi connectivity index (χ4n) is 3.90. The van der Waals surface area contributed by atoms with Crippen LogP contribution in [0.1, 0.15) is 23.1 Å². The van der Waals surface area contributed by atoms with E-state index in [1.807, 2.05) is 91.0 Å². The fraction of sp³-hybridized carbons (Fsp3) is 0.208. The zero-order chi connectivity index (χ0) is 20.8. The van der Waals surface area contributed by atoms with Crippen molar-refractivity contribution in [3.8, 4) is 0 Å². The first-order valence-corrected chi connectivity index (χ1v) is 9.78. The van der Waals surface area contributed by atoms with Crippen molar-refractivity contribution in [2.45, 2.75) is 24.2 Å². The number of hydrogen-bond acceptors (Lipinski definition) is 4. The molecule has 1 aliphatic rings. The number of azide groups is 1. The molecule has 0 N–H and O–H groups in total. The number of hydrogen-bond donors (Lipinski definition) is 0. The minimum atomic E-state index is -0.917. The number of nitrogens with zero attached hydrogens (tertiary/aromatic N) is 3. The maximum Gasteiger partial charge on any atom is 0.306 e. The van der Waals surface area contributed by atoms with Gasteiger partial charge in [-0.05, 0) is 22.2 Å². The molecule has 0 radical (unpaired) electrons. The van der Waals surface area contributed by atoms with Gasteiger partial charge in [-0.25, -0.2) is 0 Å². The van der Waals surface area contributed by atoms with Crippen molar-refractivity contribution in [1.82, 2.24) is 0 Å². The van der Waals surface area contributed by atoms with E-state index >= 15 is 0 Å². The monoisotopic (exact) mass is 399 g/mol. The molecule has 2 atom stereocenters. The third-order valence-corrected chi connectivity index (χ3v) is 5.29. The molecule has 0 unspecified atom stereocenters. The standard InChI is InChI=1S/C24H21N3O3/c25-27-26-21-16-23(28)30-22(21)17-29-24(18-10-4-1-5-11-18,19-12-6-2-7-13-19)20-14-8-3-9-15-20/h1-15,21-22H,16-17H2/t21-,22+/m0/s1. The molecule has 1 fully saturated rings. The molecule has 4 rings (SSSR count). The lowest BCUT2D eigenvalue weighted by Gasteiger charge is -2.36. The smallest absolute Gasteiger partial charge is 0.306 e. The molecule has 1 aliphatic heterocycles. The predicted molar refractivity (Wildman–Crippen MR) is 113 cm³/mol. The highest BCUT2D eigenvalue weighted by atomic mass is 16.6. The topological polar surface area (TPSA) is 84.3 Å². The summed E-state index contributed by atoms with van der Waals surface area (Å²) in [5.74, 6) is -0.384. The molecule has 6 nitrogen and oxygen atoms in total. The highest BCUT2D eigenvalue weighted by Crippen LogP contribution is 2.41. The lowest BCUT2D eigenvalue weighted by atomic mass is 9.80. The summed E-state index contributed by atoms with van der Waals surface area (Å²) >= 11 is 0. The van der Waals surface area contributed by atoms with Crippen LogP contribution in [0.2, 0.25) is 0 Å². The van der Waals surface area contributed by atoms with E-state index in [0.717, 1.165) is 16.7 Å². The Kier molecular flexibility index (Phi) is 5.80. The summed E-state index contributed by atoms with van der Waals surface area (Å²) in [5.41, 5.74) is 10.8.